The molecule has 0 heterocycles. The number of aliphatic hydroxyl groups excluding tert-OH is 1. The molecular formula is C18H22BrCl2NO2. The molecule has 0 fully saturated rings. The van der Waals surface area contributed by atoms with Gasteiger partial charge in [-0.25, -0.2) is 0 Å². The van der Waals surface area contributed by atoms with Crippen LogP contribution < -0.4 is 10.1 Å². The molecular weight excluding hydrogens is 413 g/mol. The van der Waals surface area contributed by atoms with Gasteiger partial charge < -0.3 is 15.2 Å². The van der Waals surface area contributed by atoms with Gasteiger partial charge >= 0.3 is 0 Å². The summed E-state index contributed by atoms with van der Waals surface area (Å²) in [5, 5.41) is 13.4. The van der Waals surface area contributed by atoms with Gasteiger partial charge in [-0.2, -0.15) is 0 Å². The lowest BCUT2D eigenvalue weighted by molar-refractivity contribution is 0.186. The third-order valence-corrected chi connectivity index (χ3v) is 4.23. The van der Waals surface area contributed by atoms with E-state index in [9.17, 15) is 5.11 Å². The number of hydrogen-bond donors (Lipinski definition) is 2. The monoisotopic (exact) mass is 433 g/mol. The van der Waals surface area contributed by atoms with Crippen molar-refractivity contribution in [3.05, 3.63) is 63.1 Å². The first-order chi connectivity index (χ1) is 10.9. The average molecular weight is 435 g/mol. The van der Waals surface area contributed by atoms with Crippen molar-refractivity contribution in [1.82, 2.24) is 5.32 Å². The van der Waals surface area contributed by atoms with E-state index in [2.05, 4.69) is 21.2 Å². The topological polar surface area (TPSA) is 41.5 Å². The van der Waals surface area contributed by atoms with E-state index in [-0.39, 0.29) is 24.6 Å². The van der Waals surface area contributed by atoms with E-state index in [0.29, 0.717) is 18.2 Å². The molecule has 0 aliphatic heterocycles. The Morgan fingerprint density at radius 1 is 1.17 bits per heavy atom. The van der Waals surface area contributed by atoms with Gasteiger partial charge in [-0.3, -0.25) is 0 Å². The highest BCUT2D eigenvalue weighted by Gasteiger charge is 2.16. The SMILES string of the molecule is CC(C)(CO)NCc1cc(Br)ccc1OCc1ccc(Cl)cc1.Cl. The predicted octanol–water partition coefficient (Wildman–Crippen LogP) is 4.96. The molecule has 0 bridgehead atoms. The Labute approximate surface area is 162 Å². The summed E-state index contributed by atoms with van der Waals surface area (Å²) in [5.41, 5.74) is 1.76. The normalized spacial score (nSPS) is 11.0. The summed E-state index contributed by atoms with van der Waals surface area (Å²) < 4.78 is 6.95. The second kappa shape index (κ2) is 9.64. The zero-order valence-corrected chi connectivity index (χ0v) is 16.8. The first-order valence-corrected chi connectivity index (χ1v) is 8.58. The van der Waals surface area contributed by atoms with E-state index < -0.39 is 0 Å². The van der Waals surface area contributed by atoms with Crippen LogP contribution in [-0.4, -0.2) is 17.3 Å². The summed E-state index contributed by atoms with van der Waals surface area (Å²) in [5.74, 6) is 0.824. The van der Waals surface area contributed by atoms with Gasteiger partial charge in [0.25, 0.3) is 0 Å². The molecule has 0 saturated carbocycles. The Morgan fingerprint density at radius 2 is 1.83 bits per heavy atom. The van der Waals surface area contributed by atoms with Crippen LogP contribution in [0.2, 0.25) is 5.02 Å². The Bertz CT molecular complexity index is 648. The number of rotatable bonds is 7. The molecule has 0 radical (unpaired) electrons. The minimum Gasteiger partial charge on any atom is -0.489 e. The van der Waals surface area contributed by atoms with Gasteiger partial charge in [-0.15, -0.1) is 12.4 Å². The molecule has 2 rings (SSSR count). The van der Waals surface area contributed by atoms with Gasteiger partial charge in [0.1, 0.15) is 12.4 Å². The second-order valence-corrected chi connectivity index (χ2v) is 7.41. The van der Waals surface area contributed by atoms with E-state index in [1.165, 1.54) is 0 Å². The summed E-state index contributed by atoms with van der Waals surface area (Å²) in [7, 11) is 0. The van der Waals surface area contributed by atoms with Crippen LogP contribution >= 0.6 is 39.9 Å². The minimum atomic E-state index is -0.338. The number of ether oxygens (including phenoxy) is 1. The highest BCUT2D eigenvalue weighted by molar-refractivity contribution is 9.10. The van der Waals surface area contributed by atoms with Gasteiger partial charge in [0.15, 0.2) is 0 Å². The van der Waals surface area contributed by atoms with Gasteiger partial charge in [0, 0.05) is 27.1 Å². The second-order valence-electron chi connectivity index (χ2n) is 6.06. The van der Waals surface area contributed by atoms with Crippen molar-refractivity contribution in [2.75, 3.05) is 6.61 Å². The van der Waals surface area contributed by atoms with E-state index in [4.69, 9.17) is 16.3 Å². The van der Waals surface area contributed by atoms with Crippen LogP contribution in [0, 0.1) is 0 Å². The van der Waals surface area contributed by atoms with Crippen molar-refractivity contribution < 1.29 is 9.84 Å². The zero-order valence-electron chi connectivity index (χ0n) is 13.7. The lowest BCUT2D eigenvalue weighted by atomic mass is 10.1. The fourth-order valence-electron chi connectivity index (χ4n) is 1.96. The van der Waals surface area contributed by atoms with Crippen LogP contribution in [-0.2, 0) is 13.2 Å². The average Bonchev–Trinajstić information content (AvgIpc) is 2.53. The fourth-order valence-corrected chi connectivity index (χ4v) is 2.49. The number of nitrogens with one attached hydrogen (secondary N) is 1. The Hall–Kier alpha value is -0.780. The number of aliphatic hydroxyl groups is 1. The third kappa shape index (κ3) is 6.61. The van der Waals surface area contributed by atoms with E-state index in [1.807, 2.05) is 56.3 Å². The van der Waals surface area contributed by atoms with Crippen LogP contribution in [0.4, 0.5) is 0 Å². The molecule has 2 aromatic rings. The molecule has 0 amide bonds. The largest absolute Gasteiger partial charge is 0.489 e. The molecule has 0 unspecified atom stereocenters. The standard InChI is InChI=1S/C18H21BrClNO2.ClH/c1-18(2,12-22)21-10-14-9-15(19)5-8-17(14)23-11-13-3-6-16(20)7-4-13;/h3-9,21-22H,10-12H2,1-2H3;1H. The first kappa shape index (κ1) is 21.3. The summed E-state index contributed by atoms with van der Waals surface area (Å²) in [4.78, 5) is 0. The minimum absolute atomic E-state index is 0. The van der Waals surface area contributed by atoms with Crippen LogP contribution in [0.5, 0.6) is 5.75 Å². The summed E-state index contributed by atoms with van der Waals surface area (Å²) in [6.07, 6.45) is 0. The Kier molecular flexibility index (Phi) is 8.54. The summed E-state index contributed by atoms with van der Waals surface area (Å²) in [6.45, 7) is 5.08. The molecule has 0 aromatic heterocycles. The summed E-state index contributed by atoms with van der Waals surface area (Å²) >= 11 is 9.38. The first-order valence-electron chi connectivity index (χ1n) is 7.41. The maximum absolute atomic E-state index is 9.36. The highest BCUT2D eigenvalue weighted by Crippen LogP contribution is 2.25. The molecule has 0 aliphatic rings. The molecule has 24 heavy (non-hydrogen) atoms. The van der Waals surface area contributed by atoms with Crippen molar-refractivity contribution in [2.24, 2.45) is 0 Å². The molecule has 6 heteroatoms. The van der Waals surface area contributed by atoms with Gasteiger partial charge in [-0.1, -0.05) is 39.7 Å². The quantitative estimate of drug-likeness (QED) is 0.646. The molecule has 132 valence electrons. The molecule has 0 atom stereocenters. The zero-order chi connectivity index (χ0) is 16.9. The number of benzene rings is 2. The number of hydrogen-bond acceptors (Lipinski definition) is 3. The van der Waals surface area contributed by atoms with Crippen LogP contribution in [0.25, 0.3) is 0 Å². The number of halogens is 3. The molecule has 0 spiro atoms. The van der Waals surface area contributed by atoms with Crippen molar-refractivity contribution in [1.29, 1.82) is 0 Å². The molecule has 0 aliphatic carbocycles. The molecule has 2 N–H and O–H groups in total. The van der Waals surface area contributed by atoms with E-state index >= 15 is 0 Å². The highest BCUT2D eigenvalue weighted by atomic mass is 79.9. The molecule has 0 saturated heterocycles. The van der Waals surface area contributed by atoms with Crippen LogP contribution in [0.1, 0.15) is 25.0 Å². The van der Waals surface area contributed by atoms with Crippen molar-refractivity contribution in [3.63, 3.8) is 0 Å². The maximum Gasteiger partial charge on any atom is 0.124 e. The van der Waals surface area contributed by atoms with Crippen molar-refractivity contribution >= 4 is 39.9 Å². The van der Waals surface area contributed by atoms with Crippen molar-refractivity contribution in [2.45, 2.75) is 32.5 Å². The van der Waals surface area contributed by atoms with Gasteiger partial charge in [-0.05, 0) is 49.7 Å². The molecule has 2 aromatic carbocycles. The van der Waals surface area contributed by atoms with Crippen molar-refractivity contribution in [3.8, 4) is 5.75 Å². The van der Waals surface area contributed by atoms with Crippen LogP contribution in [0.3, 0.4) is 0 Å². The lowest BCUT2D eigenvalue weighted by Gasteiger charge is -2.24. The van der Waals surface area contributed by atoms with E-state index in [0.717, 1.165) is 21.3 Å². The maximum atomic E-state index is 9.36. The molecule has 3 nitrogen and oxygen atoms in total. The Morgan fingerprint density at radius 3 is 2.46 bits per heavy atom. The lowest BCUT2D eigenvalue weighted by Crippen LogP contribution is -2.42. The fraction of sp³-hybridized carbons (Fsp3) is 0.333. The van der Waals surface area contributed by atoms with Gasteiger partial charge in [0.2, 0.25) is 0 Å². The third-order valence-electron chi connectivity index (χ3n) is 3.48. The van der Waals surface area contributed by atoms with Crippen LogP contribution in [0.15, 0.2) is 46.9 Å². The van der Waals surface area contributed by atoms with E-state index in [1.54, 1.807) is 0 Å². The smallest absolute Gasteiger partial charge is 0.124 e. The predicted molar refractivity (Wildman–Crippen MR) is 105 cm³/mol. The van der Waals surface area contributed by atoms with Gasteiger partial charge in [0.05, 0.1) is 6.61 Å². The summed E-state index contributed by atoms with van der Waals surface area (Å²) in [6, 6.07) is 13.5. The Balaban J connectivity index is 0.00000288.